The lowest BCUT2D eigenvalue weighted by molar-refractivity contribution is 0.354. The molecule has 0 bridgehead atoms. The molecular weight excluding hydrogens is 190 g/mol. The molecule has 3 heteroatoms. The summed E-state index contributed by atoms with van der Waals surface area (Å²) in [5, 5.41) is 0. The van der Waals surface area contributed by atoms with Crippen molar-refractivity contribution in [3.8, 4) is 11.5 Å². The summed E-state index contributed by atoms with van der Waals surface area (Å²) < 4.78 is 10.5. The quantitative estimate of drug-likeness (QED) is 0.832. The lowest BCUT2D eigenvalue weighted by Crippen LogP contribution is -1.92. The molecule has 1 aromatic carbocycles. The van der Waals surface area contributed by atoms with Crippen molar-refractivity contribution in [2.45, 2.75) is 19.3 Å². The van der Waals surface area contributed by atoms with E-state index in [2.05, 4.69) is 19.1 Å². The normalized spacial score (nSPS) is 22.9. The summed E-state index contributed by atoms with van der Waals surface area (Å²) in [5.41, 5.74) is 1.37. The number of ether oxygens (including phenoxy) is 2. The Kier molecular flexibility index (Phi) is 3.58. The van der Waals surface area contributed by atoms with Gasteiger partial charge in [-0.2, -0.15) is 0 Å². The first-order valence-corrected chi connectivity index (χ1v) is 4.98. The SMILES string of the molecule is COc1ccc(C2CC2C)cc1OC.N. The summed E-state index contributed by atoms with van der Waals surface area (Å²) in [5.74, 6) is 3.21. The Bertz CT molecular complexity index is 338. The molecule has 2 rings (SSSR count). The van der Waals surface area contributed by atoms with Crippen LogP contribution in [0.25, 0.3) is 0 Å². The minimum absolute atomic E-state index is 0. The van der Waals surface area contributed by atoms with Crippen LogP contribution in [0.15, 0.2) is 18.2 Å². The van der Waals surface area contributed by atoms with Crippen molar-refractivity contribution in [2.24, 2.45) is 5.92 Å². The van der Waals surface area contributed by atoms with E-state index >= 15 is 0 Å². The van der Waals surface area contributed by atoms with Crippen molar-refractivity contribution in [1.82, 2.24) is 6.15 Å². The van der Waals surface area contributed by atoms with E-state index < -0.39 is 0 Å². The maximum atomic E-state index is 5.27. The largest absolute Gasteiger partial charge is 0.493 e. The van der Waals surface area contributed by atoms with Gasteiger partial charge in [0.05, 0.1) is 14.2 Å². The standard InChI is InChI=1S/C12H16O2.H3N/c1-8-6-10(8)9-4-5-11(13-2)12(7-9)14-3;/h4-5,7-8,10H,6H2,1-3H3;1H3. The minimum atomic E-state index is 0. The van der Waals surface area contributed by atoms with Gasteiger partial charge in [-0.3, -0.25) is 0 Å². The molecule has 1 fully saturated rings. The second-order valence-corrected chi connectivity index (χ2v) is 3.93. The van der Waals surface area contributed by atoms with Crippen molar-refractivity contribution in [3.63, 3.8) is 0 Å². The van der Waals surface area contributed by atoms with Gasteiger partial charge in [-0.05, 0) is 36.0 Å². The van der Waals surface area contributed by atoms with Gasteiger partial charge in [0.15, 0.2) is 11.5 Å². The highest BCUT2D eigenvalue weighted by molar-refractivity contribution is 5.45. The summed E-state index contributed by atoms with van der Waals surface area (Å²) in [7, 11) is 3.34. The van der Waals surface area contributed by atoms with E-state index in [1.165, 1.54) is 12.0 Å². The van der Waals surface area contributed by atoms with Crippen molar-refractivity contribution in [1.29, 1.82) is 0 Å². The predicted octanol–water partition coefficient (Wildman–Crippen LogP) is 2.99. The molecule has 1 aliphatic carbocycles. The highest BCUT2D eigenvalue weighted by Crippen LogP contribution is 2.48. The highest BCUT2D eigenvalue weighted by atomic mass is 16.5. The molecule has 0 saturated heterocycles. The number of benzene rings is 1. The molecule has 0 radical (unpaired) electrons. The molecule has 1 aliphatic rings. The molecule has 0 aliphatic heterocycles. The van der Waals surface area contributed by atoms with Gasteiger partial charge < -0.3 is 15.6 Å². The van der Waals surface area contributed by atoms with Crippen LogP contribution in [0.4, 0.5) is 0 Å². The number of methoxy groups -OCH3 is 2. The van der Waals surface area contributed by atoms with Crippen LogP contribution in [0.5, 0.6) is 11.5 Å². The van der Waals surface area contributed by atoms with Crippen LogP contribution in [-0.2, 0) is 0 Å². The zero-order chi connectivity index (χ0) is 10.1. The van der Waals surface area contributed by atoms with Crippen LogP contribution in [0.3, 0.4) is 0 Å². The molecule has 15 heavy (non-hydrogen) atoms. The first-order valence-electron chi connectivity index (χ1n) is 4.98. The van der Waals surface area contributed by atoms with E-state index in [1.807, 2.05) is 6.07 Å². The van der Waals surface area contributed by atoms with Crippen LogP contribution >= 0.6 is 0 Å². The predicted molar refractivity (Wildman–Crippen MR) is 61.1 cm³/mol. The smallest absolute Gasteiger partial charge is 0.160 e. The zero-order valence-electron chi connectivity index (χ0n) is 9.62. The summed E-state index contributed by atoms with van der Waals surface area (Å²) in [6.45, 7) is 2.28. The third kappa shape index (κ3) is 2.23. The summed E-state index contributed by atoms with van der Waals surface area (Å²) in [4.78, 5) is 0. The molecule has 3 N–H and O–H groups in total. The summed E-state index contributed by atoms with van der Waals surface area (Å²) in [6.07, 6.45) is 1.30. The monoisotopic (exact) mass is 209 g/mol. The van der Waals surface area contributed by atoms with Gasteiger partial charge in [0, 0.05) is 0 Å². The molecule has 84 valence electrons. The average molecular weight is 209 g/mol. The second-order valence-electron chi connectivity index (χ2n) is 3.93. The third-order valence-electron chi connectivity index (χ3n) is 2.95. The van der Waals surface area contributed by atoms with E-state index in [-0.39, 0.29) is 6.15 Å². The molecule has 2 atom stereocenters. The molecule has 0 spiro atoms. The molecular formula is C12H19NO2. The van der Waals surface area contributed by atoms with E-state index in [1.54, 1.807) is 14.2 Å². The zero-order valence-corrected chi connectivity index (χ0v) is 9.62. The first kappa shape index (κ1) is 11.9. The molecule has 1 aromatic rings. The van der Waals surface area contributed by atoms with Gasteiger partial charge in [0.25, 0.3) is 0 Å². The fraction of sp³-hybridized carbons (Fsp3) is 0.500. The van der Waals surface area contributed by atoms with Crippen LogP contribution in [-0.4, -0.2) is 14.2 Å². The molecule has 2 unspecified atom stereocenters. The number of hydrogen-bond acceptors (Lipinski definition) is 3. The second kappa shape index (κ2) is 4.53. The number of rotatable bonds is 3. The molecule has 0 heterocycles. The van der Waals surface area contributed by atoms with E-state index in [4.69, 9.17) is 9.47 Å². The molecule has 0 amide bonds. The Morgan fingerprint density at radius 1 is 1.13 bits per heavy atom. The lowest BCUT2D eigenvalue weighted by atomic mass is 10.1. The Morgan fingerprint density at radius 2 is 1.73 bits per heavy atom. The van der Waals surface area contributed by atoms with Crippen LogP contribution in [0, 0.1) is 5.92 Å². The van der Waals surface area contributed by atoms with Crippen molar-refractivity contribution >= 4 is 0 Å². The van der Waals surface area contributed by atoms with Gasteiger partial charge in [-0.1, -0.05) is 13.0 Å². The first-order chi connectivity index (χ1) is 6.76. The minimum Gasteiger partial charge on any atom is -0.493 e. The fourth-order valence-corrected chi connectivity index (χ4v) is 1.87. The maximum absolute atomic E-state index is 5.27. The van der Waals surface area contributed by atoms with Gasteiger partial charge in [0.1, 0.15) is 0 Å². The maximum Gasteiger partial charge on any atom is 0.160 e. The Balaban J connectivity index is 0.00000112. The van der Waals surface area contributed by atoms with Crippen molar-refractivity contribution in [2.75, 3.05) is 14.2 Å². The summed E-state index contributed by atoms with van der Waals surface area (Å²) in [6, 6.07) is 6.21. The van der Waals surface area contributed by atoms with Crippen LogP contribution in [0.2, 0.25) is 0 Å². The van der Waals surface area contributed by atoms with Crippen LogP contribution < -0.4 is 15.6 Å². The molecule has 1 saturated carbocycles. The van der Waals surface area contributed by atoms with E-state index in [9.17, 15) is 0 Å². The fourth-order valence-electron chi connectivity index (χ4n) is 1.87. The third-order valence-corrected chi connectivity index (χ3v) is 2.95. The topological polar surface area (TPSA) is 53.5 Å². The molecule has 3 nitrogen and oxygen atoms in total. The van der Waals surface area contributed by atoms with Crippen molar-refractivity contribution in [3.05, 3.63) is 23.8 Å². The lowest BCUT2D eigenvalue weighted by Gasteiger charge is -2.08. The number of hydrogen-bond donors (Lipinski definition) is 1. The van der Waals surface area contributed by atoms with Gasteiger partial charge in [-0.15, -0.1) is 0 Å². The van der Waals surface area contributed by atoms with Gasteiger partial charge in [-0.25, -0.2) is 0 Å². The summed E-state index contributed by atoms with van der Waals surface area (Å²) >= 11 is 0. The highest BCUT2D eigenvalue weighted by Gasteiger charge is 2.34. The average Bonchev–Trinajstić information content (AvgIpc) is 2.94. The van der Waals surface area contributed by atoms with Crippen LogP contribution in [0.1, 0.15) is 24.8 Å². The Labute approximate surface area is 91.0 Å². The Hall–Kier alpha value is -1.22. The molecule has 0 aromatic heterocycles. The van der Waals surface area contributed by atoms with Gasteiger partial charge >= 0.3 is 0 Å². The van der Waals surface area contributed by atoms with E-state index in [0.717, 1.165) is 23.3 Å². The van der Waals surface area contributed by atoms with Crippen molar-refractivity contribution < 1.29 is 9.47 Å². The van der Waals surface area contributed by atoms with E-state index in [0.29, 0.717) is 0 Å². The Morgan fingerprint density at radius 3 is 2.20 bits per heavy atom. The van der Waals surface area contributed by atoms with Gasteiger partial charge in [0.2, 0.25) is 0 Å².